The van der Waals surface area contributed by atoms with Crippen LogP contribution in [0.15, 0.2) is 11.1 Å². The number of anilines is 1. The number of nitrogens with two attached hydrogens (primary N) is 1. The molecular weight excluding hydrogens is 314 g/mol. The maximum atomic E-state index is 12.1. The SMILES string of the molecule is CS(=O)(=O)c1cnc(N2CCC(N)CC2)nc1[C@@H]1CCCNC1. The topological polar surface area (TPSA) is 101 Å². The molecule has 2 aliphatic rings. The van der Waals surface area contributed by atoms with Crippen LogP contribution in [0, 0.1) is 0 Å². The van der Waals surface area contributed by atoms with Crippen molar-refractivity contribution in [2.45, 2.75) is 42.5 Å². The van der Waals surface area contributed by atoms with Gasteiger partial charge in [0.25, 0.3) is 0 Å². The first-order valence-corrected chi connectivity index (χ1v) is 10.1. The Morgan fingerprint density at radius 1 is 1.30 bits per heavy atom. The van der Waals surface area contributed by atoms with Crippen molar-refractivity contribution in [2.24, 2.45) is 5.73 Å². The molecule has 0 amide bonds. The summed E-state index contributed by atoms with van der Waals surface area (Å²) in [6.07, 6.45) is 6.53. The highest BCUT2D eigenvalue weighted by atomic mass is 32.2. The van der Waals surface area contributed by atoms with Crippen molar-refractivity contribution in [2.75, 3.05) is 37.3 Å². The Bertz CT molecular complexity index is 650. The van der Waals surface area contributed by atoms with E-state index in [1.807, 2.05) is 0 Å². The molecule has 0 unspecified atom stereocenters. The summed E-state index contributed by atoms with van der Waals surface area (Å²) in [4.78, 5) is 11.4. The standard InChI is InChI=1S/C15H25N5O2S/c1-23(21,22)13-10-18-15(20-7-4-12(16)5-8-20)19-14(13)11-3-2-6-17-9-11/h10-12,17H,2-9,16H2,1H3/t11-/m1/s1. The van der Waals surface area contributed by atoms with Gasteiger partial charge in [0.15, 0.2) is 9.84 Å². The van der Waals surface area contributed by atoms with E-state index >= 15 is 0 Å². The van der Waals surface area contributed by atoms with Gasteiger partial charge in [0.2, 0.25) is 5.95 Å². The maximum absolute atomic E-state index is 12.1. The van der Waals surface area contributed by atoms with Crippen LogP contribution in [-0.2, 0) is 9.84 Å². The fraction of sp³-hybridized carbons (Fsp3) is 0.733. The molecule has 23 heavy (non-hydrogen) atoms. The second-order valence-corrected chi connectivity index (χ2v) is 8.54. The maximum Gasteiger partial charge on any atom is 0.225 e. The molecule has 0 saturated carbocycles. The zero-order valence-electron chi connectivity index (χ0n) is 13.5. The Hall–Kier alpha value is -1.25. The minimum absolute atomic E-state index is 0.127. The predicted octanol–water partition coefficient (Wildman–Crippen LogP) is 0.275. The number of hydrogen-bond acceptors (Lipinski definition) is 7. The van der Waals surface area contributed by atoms with E-state index in [2.05, 4.69) is 20.2 Å². The van der Waals surface area contributed by atoms with Crippen molar-refractivity contribution >= 4 is 15.8 Å². The lowest BCUT2D eigenvalue weighted by Crippen LogP contribution is -2.40. The van der Waals surface area contributed by atoms with Crippen molar-refractivity contribution in [3.05, 3.63) is 11.9 Å². The third kappa shape index (κ3) is 3.81. The molecule has 7 nitrogen and oxygen atoms in total. The van der Waals surface area contributed by atoms with Gasteiger partial charge in [0, 0.05) is 37.8 Å². The van der Waals surface area contributed by atoms with E-state index in [1.54, 1.807) is 0 Å². The van der Waals surface area contributed by atoms with Crippen molar-refractivity contribution in [1.29, 1.82) is 0 Å². The monoisotopic (exact) mass is 339 g/mol. The Morgan fingerprint density at radius 2 is 2.04 bits per heavy atom. The van der Waals surface area contributed by atoms with E-state index in [0.717, 1.165) is 51.9 Å². The van der Waals surface area contributed by atoms with Gasteiger partial charge in [-0.1, -0.05) is 0 Å². The zero-order chi connectivity index (χ0) is 16.4. The molecule has 2 saturated heterocycles. The molecule has 0 aliphatic carbocycles. The van der Waals surface area contributed by atoms with Crippen LogP contribution in [0.5, 0.6) is 0 Å². The van der Waals surface area contributed by atoms with Crippen molar-refractivity contribution in [3.8, 4) is 0 Å². The molecule has 3 heterocycles. The molecule has 3 N–H and O–H groups in total. The van der Waals surface area contributed by atoms with E-state index in [4.69, 9.17) is 5.73 Å². The zero-order valence-corrected chi connectivity index (χ0v) is 14.3. The van der Waals surface area contributed by atoms with Crippen LogP contribution in [0.4, 0.5) is 5.95 Å². The van der Waals surface area contributed by atoms with E-state index in [0.29, 0.717) is 11.6 Å². The first-order chi connectivity index (χ1) is 10.9. The summed E-state index contributed by atoms with van der Waals surface area (Å²) in [6, 6.07) is 0.239. The molecule has 8 heteroatoms. The lowest BCUT2D eigenvalue weighted by molar-refractivity contribution is 0.446. The smallest absolute Gasteiger partial charge is 0.225 e. The lowest BCUT2D eigenvalue weighted by Gasteiger charge is -2.31. The number of nitrogens with zero attached hydrogens (tertiary/aromatic N) is 3. The van der Waals surface area contributed by atoms with Gasteiger partial charge in [-0.05, 0) is 32.2 Å². The summed E-state index contributed by atoms with van der Waals surface area (Å²) in [6.45, 7) is 3.39. The fourth-order valence-electron chi connectivity index (χ4n) is 3.29. The molecule has 1 atom stereocenters. The second kappa shape index (κ2) is 6.70. The highest BCUT2D eigenvalue weighted by molar-refractivity contribution is 7.90. The molecule has 0 radical (unpaired) electrons. The van der Waals surface area contributed by atoms with E-state index in [-0.39, 0.29) is 16.9 Å². The fourth-order valence-corrected chi connectivity index (χ4v) is 4.13. The first kappa shape index (κ1) is 16.6. The second-order valence-electron chi connectivity index (χ2n) is 6.56. The summed E-state index contributed by atoms with van der Waals surface area (Å²) in [5, 5.41) is 3.33. The van der Waals surface area contributed by atoms with Crippen molar-refractivity contribution in [1.82, 2.24) is 15.3 Å². The third-order valence-electron chi connectivity index (χ3n) is 4.68. The quantitative estimate of drug-likeness (QED) is 0.815. The molecule has 0 spiro atoms. The lowest BCUT2D eigenvalue weighted by atomic mass is 9.96. The molecule has 0 aromatic carbocycles. The normalized spacial score (nSPS) is 23.9. The highest BCUT2D eigenvalue weighted by Crippen LogP contribution is 2.29. The molecule has 3 rings (SSSR count). The number of piperidine rings is 2. The summed E-state index contributed by atoms with van der Waals surface area (Å²) >= 11 is 0. The van der Waals surface area contributed by atoms with Gasteiger partial charge in [0.1, 0.15) is 4.90 Å². The third-order valence-corrected chi connectivity index (χ3v) is 5.79. The predicted molar refractivity (Wildman–Crippen MR) is 89.4 cm³/mol. The van der Waals surface area contributed by atoms with Gasteiger partial charge in [-0.3, -0.25) is 0 Å². The van der Waals surface area contributed by atoms with E-state index in [1.165, 1.54) is 12.5 Å². The van der Waals surface area contributed by atoms with Crippen LogP contribution in [0.2, 0.25) is 0 Å². The van der Waals surface area contributed by atoms with Crippen LogP contribution < -0.4 is 16.0 Å². The van der Waals surface area contributed by atoms with Gasteiger partial charge in [-0.2, -0.15) is 0 Å². The summed E-state index contributed by atoms with van der Waals surface area (Å²) in [5.41, 5.74) is 6.61. The van der Waals surface area contributed by atoms with E-state index in [9.17, 15) is 8.42 Å². The molecule has 1 aromatic rings. The van der Waals surface area contributed by atoms with Crippen LogP contribution in [0.25, 0.3) is 0 Å². The summed E-state index contributed by atoms with van der Waals surface area (Å²) in [5.74, 6) is 0.757. The molecule has 2 fully saturated rings. The van der Waals surface area contributed by atoms with Crippen molar-refractivity contribution in [3.63, 3.8) is 0 Å². The van der Waals surface area contributed by atoms with Crippen LogP contribution >= 0.6 is 0 Å². The highest BCUT2D eigenvalue weighted by Gasteiger charge is 2.27. The largest absolute Gasteiger partial charge is 0.341 e. The average Bonchev–Trinajstić information content (AvgIpc) is 2.55. The number of sulfone groups is 1. The van der Waals surface area contributed by atoms with Gasteiger partial charge in [-0.25, -0.2) is 18.4 Å². The average molecular weight is 339 g/mol. The number of aromatic nitrogens is 2. The minimum Gasteiger partial charge on any atom is -0.341 e. The van der Waals surface area contributed by atoms with Gasteiger partial charge in [-0.15, -0.1) is 0 Å². The van der Waals surface area contributed by atoms with Crippen LogP contribution in [0.1, 0.15) is 37.3 Å². The van der Waals surface area contributed by atoms with Gasteiger partial charge in [0.05, 0.1) is 11.9 Å². The van der Waals surface area contributed by atoms with Gasteiger partial charge >= 0.3 is 0 Å². The Morgan fingerprint density at radius 3 is 2.65 bits per heavy atom. The summed E-state index contributed by atoms with van der Waals surface area (Å²) in [7, 11) is -3.33. The van der Waals surface area contributed by atoms with Crippen LogP contribution in [0.3, 0.4) is 0 Å². The molecule has 2 aliphatic heterocycles. The van der Waals surface area contributed by atoms with E-state index < -0.39 is 9.84 Å². The number of hydrogen-bond donors (Lipinski definition) is 2. The van der Waals surface area contributed by atoms with Crippen LogP contribution in [-0.4, -0.2) is 56.9 Å². The molecule has 1 aromatic heterocycles. The van der Waals surface area contributed by atoms with Gasteiger partial charge < -0.3 is 16.0 Å². The molecular formula is C15H25N5O2S. The molecule has 128 valence electrons. The number of rotatable bonds is 3. The Kier molecular flexibility index (Phi) is 4.84. The molecule has 0 bridgehead atoms. The van der Waals surface area contributed by atoms with Crippen molar-refractivity contribution < 1.29 is 8.42 Å². The summed E-state index contributed by atoms with van der Waals surface area (Å²) < 4.78 is 24.2. The Labute approximate surface area is 137 Å². The Balaban J connectivity index is 1.94. The minimum atomic E-state index is -3.33. The first-order valence-electron chi connectivity index (χ1n) is 8.23. The number of nitrogens with one attached hydrogen (secondary N) is 1.